The molecular weight excluding hydrogens is 297 g/mol. The van der Waals surface area contributed by atoms with Crippen molar-refractivity contribution in [2.75, 3.05) is 26.2 Å². The molecule has 1 fully saturated rings. The zero-order valence-corrected chi connectivity index (χ0v) is 13.5. The van der Waals surface area contributed by atoms with Gasteiger partial charge < -0.3 is 5.32 Å². The summed E-state index contributed by atoms with van der Waals surface area (Å²) in [4.78, 5) is 6.89. The Morgan fingerprint density at radius 1 is 1.27 bits per heavy atom. The molecule has 0 aliphatic carbocycles. The Kier molecular flexibility index (Phi) is 5.51. The van der Waals surface area contributed by atoms with E-state index in [4.69, 9.17) is 0 Å². The van der Waals surface area contributed by atoms with Crippen molar-refractivity contribution in [2.24, 2.45) is 4.99 Å². The lowest BCUT2D eigenvalue weighted by Gasteiger charge is -2.32. The van der Waals surface area contributed by atoms with Crippen LogP contribution in [-0.2, 0) is 5.75 Å². The van der Waals surface area contributed by atoms with Crippen molar-refractivity contribution in [1.29, 1.82) is 0 Å². The SMILES string of the molecule is Fc1ccccc1CSC1CCN(CC2=NC=CNC2)CC1. The van der Waals surface area contributed by atoms with E-state index in [2.05, 4.69) is 15.2 Å². The van der Waals surface area contributed by atoms with E-state index in [1.54, 1.807) is 12.1 Å². The number of piperidine rings is 1. The minimum absolute atomic E-state index is 0.0803. The normalized spacial score (nSPS) is 19.8. The summed E-state index contributed by atoms with van der Waals surface area (Å²) >= 11 is 1.89. The average Bonchev–Trinajstić information content (AvgIpc) is 2.56. The van der Waals surface area contributed by atoms with E-state index < -0.39 is 0 Å². The molecule has 2 heterocycles. The lowest BCUT2D eigenvalue weighted by Crippen LogP contribution is -2.40. The highest BCUT2D eigenvalue weighted by Crippen LogP contribution is 2.27. The third-order valence-electron chi connectivity index (χ3n) is 4.13. The number of nitrogens with one attached hydrogen (secondary N) is 1. The van der Waals surface area contributed by atoms with Crippen LogP contribution < -0.4 is 5.32 Å². The van der Waals surface area contributed by atoms with Gasteiger partial charge in [-0.25, -0.2) is 4.39 Å². The van der Waals surface area contributed by atoms with Crippen molar-refractivity contribution in [3.05, 3.63) is 48.0 Å². The van der Waals surface area contributed by atoms with E-state index >= 15 is 0 Å². The highest BCUT2D eigenvalue weighted by Gasteiger charge is 2.21. The maximum absolute atomic E-state index is 13.6. The molecule has 3 nitrogen and oxygen atoms in total. The first-order valence-electron chi connectivity index (χ1n) is 7.82. The number of hydrogen-bond donors (Lipinski definition) is 1. The minimum Gasteiger partial charge on any atom is -0.384 e. The Labute approximate surface area is 135 Å². The van der Waals surface area contributed by atoms with Crippen LogP contribution in [0, 0.1) is 5.82 Å². The molecule has 0 saturated carbocycles. The minimum atomic E-state index is -0.0803. The number of likely N-dealkylation sites (tertiary alicyclic amines) is 1. The summed E-state index contributed by atoms with van der Waals surface area (Å²) in [7, 11) is 0. The van der Waals surface area contributed by atoms with Crippen LogP contribution >= 0.6 is 11.8 Å². The van der Waals surface area contributed by atoms with Gasteiger partial charge in [0.05, 0.1) is 12.3 Å². The predicted octanol–water partition coefficient (Wildman–Crippen LogP) is 3.04. The van der Waals surface area contributed by atoms with Crippen LogP contribution in [0.2, 0.25) is 0 Å². The Morgan fingerprint density at radius 2 is 2.09 bits per heavy atom. The quantitative estimate of drug-likeness (QED) is 0.904. The van der Waals surface area contributed by atoms with Gasteiger partial charge in [0.1, 0.15) is 5.82 Å². The summed E-state index contributed by atoms with van der Waals surface area (Å²) in [5.74, 6) is 0.696. The van der Waals surface area contributed by atoms with Crippen LogP contribution in [0.4, 0.5) is 4.39 Å². The molecule has 22 heavy (non-hydrogen) atoms. The Morgan fingerprint density at radius 3 is 2.82 bits per heavy atom. The molecule has 1 aromatic carbocycles. The number of aliphatic imine (C=N–C) groups is 1. The van der Waals surface area contributed by atoms with E-state index in [9.17, 15) is 4.39 Å². The highest BCUT2D eigenvalue weighted by molar-refractivity contribution is 7.99. The molecule has 3 rings (SSSR count). The van der Waals surface area contributed by atoms with Crippen molar-refractivity contribution >= 4 is 17.5 Å². The zero-order valence-electron chi connectivity index (χ0n) is 12.7. The lowest BCUT2D eigenvalue weighted by molar-refractivity contribution is 0.262. The first kappa shape index (κ1) is 15.6. The van der Waals surface area contributed by atoms with E-state index in [1.807, 2.05) is 36.3 Å². The fraction of sp³-hybridized carbons (Fsp3) is 0.471. The van der Waals surface area contributed by atoms with Crippen molar-refractivity contribution in [3.63, 3.8) is 0 Å². The predicted molar refractivity (Wildman–Crippen MR) is 91.7 cm³/mol. The fourth-order valence-electron chi connectivity index (χ4n) is 2.83. The molecule has 1 saturated heterocycles. The van der Waals surface area contributed by atoms with Crippen LogP contribution in [0.3, 0.4) is 0 Å². The number of hydrogen-bond acceptors (Lipinski definition) is 4. The Hall–Kier alpha value is -1.33. The van der Waals surface area contributed by atoms with E-state index in [0.29, 0.717) is 5.25 Å². The first-order chi connectivity index (χ1) is 10.8. The Bertz CT molecular complexity index is 551. The molecule has 2 aliphatic rings. The van der Waals surface area contributed by atoms with Gasteiger partial charge in [0.15, 0.2) is 0 Å². The van der Waals surface area contributed by atoms with Gasteiger partial charge in [-0.2, -0.15) is 11.8 Å². The van der Waals surface area contributed by atoms with Crippen molar-refractivity contribution < 1.29 is 4.39 Å². The maximum atomic E-state index is 13.6. The molecule has 5 heteroatoms. The smallest absolute Gasteiger partial charge is 0.127 e. The van der Waals surface area contributed by atoms with Gasteiger partial charge in [0.2, 0.25) is 0 Å². The molecular formula is C17H22FN3S. The number of thioether (sulfide) groups is 1. The monoisotopic (exact) mass is 319 g/mol. The topological polar surface area (TPSA) is 27.6 Å². The molecule has 1 aromatic rings. The maximum Gasteiger partial charge on any atom is 0.127 e. The number of benzene rings is 1. The Balaban J connectivity index is 1.41. The summed E-state index contributed by atoms with van der Waals surface area (Å²) in [5, 5.41) is 3.84. The zero-order chi connectivity index (χ0) is 15.2. The van der Waals surface area contributed by atoms with E-state index in [-0.39, 0.29) is 5.82 Å². The molecule has 0 aromatic heterocycles. The molecule has 1 N–H and O–H groups in total. The third kappa shape index (κ3) is 4.34. The standard InChI is InChI=1S/C17H22FN3S/c18-17-4-2-1-3-14(17)13-22-16-5-9-21(10-6-16)12-15-11-19-7-8-20-15/h1-4,7-8,16,19H,5-6,9-13H2. The van der Waals surface area contributed by atoms with Gasteiger partial charge in [-0.3, -0.25) is 9.89 Å². The summed E-state index contributed by atoms with van der Waals surface area (Å²) in [5.41, 5.74) is 2.03. The van der Waals surface area contributed by atoms with Crippen LogP contribution in [0.15, 0.2) is 41.7 Å². The summed E-state index contributed by atoms with van der Waals surface area (Å²) < 4.78 is 13.6. The van der Waals surface area contributed by atoms with E-state index in [1.165, 1.54) is 18.6 Å². The second-order valence-electron chi connectivity index (χ2n) is 5.77. The van der Waals surface area contributed by atoms with Gasteiger partial charge in [0, 0.05) is 29.9 Å². The summed E-state index contributed by atoms with van der Waals surface area (Å²) in [6, 6.07) is 7.10. The van der Waals surface area contributed by atoms with Gasteiger partial charge in [-0.1, -0.05) is 18.2 Å². The van der Waals surface area contributed by atoms with Crippen molar-refractivity contribution in [3.8, 4) is 0 Å². The molecule has 0 unspecified atom stereocenters. The molecule has 0 spiro atoms. The van der Waals surface area contributed by atoms with Crippen LogP contribution in [-0.4, -0.2) is 42.0 Å². The van der Waals surface area contributed by atoms with Gasteiger partial charge >= 0.3 is 0 Å². The fourth-order valence-corrected chi connectivity index (χ4v) is 4.02. The summed E-state index contributed by atoms with van der Waals surface area (Å²) in [6.45, 7) is 4.04. The van der Waals surface area contributed by atoms with Crippen LogP contribution in [0.5, 0.6) is 0 Å². The van der Waals surface area contributed by atoms with Gasteiger partial charge in [-0.05, 0) is 37.6 Å². The van der Waals surface area contributed by atoms with E-state index in [0.717, 1.165) is 37.5 Å². The first-order valence-corrected chi connectivity index (χ1v) is 8.87. The average molecular weight is 319 g/mol. The van der Waals surface area contributed by atoms with Crippen molar-refractivity contribution in [2.45, 2.75) is 23.8 Å². The van der Waals surface area contributed by atoms with Crippen LogP contribution in [0.1, 0.15) is 18.4 Å². The molecule has 2 aliphatic heterocycles. The lowest BCUT2D eigenvalue weighted by atomic mass is 10.1. The number of halogens is 1. The highest BCUT2D eigenvalue weighted by atomic mass is 32.2. The molecule has 118 valence electrons. The second kappa shape index (κ2) is 7.79. The molecule has 0 radical (unpaired) electrons. The number of rotatable bonds is 5. The largest absolute Gasteiger partial charge is 0.384 e. The van der Waals surface area contributed by atoms with Gasteiger partial charge in [0.25, 0.3) is 0 Å². The van der Waals surface area contributed by atoms with Crippen LogP contribution in [0.25, 0.3) is 0 Å². The molecule has 0 bridgehead atoms. The van der Waals surface area contributed by atoms with Gasteiger partial charge in [-0.15, -0.1) is 0 Å². The van der Waals surface area contributed by atoms with Crippen molar-refractivity contribution in [1.82, 2.24) is 10.2 Å². The second-order valence-corrected chi connectivity index (χ2v) is 7.06. The third-order valence-corrected chi connectivity index (χ3v) is 5.55. The molecule has 0 amide bonds. The molecule has 0 atom stereocenters. The summed E-state index contributed by atoms with van der Waals surface area (Å²) in [6.07, 6.45) is 6.07. The number of nitrogens with zero attached hydrogens (tertiary/aromatic N) is 2.